The summed E-state index contributed by atoms with van der Waals surface area (Å²) in [6, 6.07) is 19.7. The summed E-state index contributed by atoms with van der Waals surface area (Å²) in [6.07, 6.45) is 0. The van der Waals surface area contributed by atoms with Gasteiger partial charge in [0, 0.05) is 22.5 Å². The van der Waals surface area contributed by atoms with Crippen molar-refractivity contribution in [3.8, 4) is 17.2 Å². The van der Waals surface area contributed by atoms with Crippen molar-refractivity contribution < 1.29 is 23.8 Å². The third-order valence-electron chi connectivity index (χ3n) is 5.64. The first-order valence-electron chi connectivity index (χ1n) is 11.4. The van der Waals surface area contributed by atoms with Gasteiger partial charge < -0.3 is 24.8 Å². The van der Waals surface area contributed by atoms with Crippen molar-refractivity contribution in [2.45, 2.75) is 26.3 Å². The van der Waals surface area contributed by atoms with Gasteiger partial charge in [-0.15, -0.1) is 0 Å². The molecule has 0 spiro atoms. The molecule has 8 heteroatoms. The van der Waals surface area contributed by atoms with Crippen LogP contribution in [-0.2, 0) is 10.3 Å². The quantitative estimate of drug-likeness (QED) is 0.421. The molecule has 0 atom stereocenters. The van der Waals surface area contributed by atoms with E-state index >= 15 is 0 Å². The Bertz CT molecular complexity index is 1190. The molecule has 3 aromatic rings. The zero-order chi connectivity index (χ0) is 24.8. The van der Waals surface area contributed by atoms with Crippen LogP contribution in [0.5, 0.6) is 17.2 Å². The average Bonchev–Trinajstić information content (AvgIpc) is 3.33. The van der Waals surface area contributed by atoms with Crippen molar-refractivity contribution in [1.82, 2.24) is 5.32 Å². The van der Waals surface area contributed by atoms with Gasteiger partial charge in [-0.2, -0.15) is 0 Å². The number of benzene rings is 3. The lowest BCUT2D eigenvalue weighted by Gasteiger charge is -2.27. The van der Waals surface area contributed by atoms with Crippen LogP contribution in [0.25, 0.3) is 0 Å². The van der Waals surface area contributed by atoms with Gasteiger partial charge in [-0.25, -0.2) is 0 Å². The minimum atomic E-state index is -0.457. The highest BCUT2D eigenvalue weighted by molar-refractivity contribution is 6.04. The van der Waals surface area contributed by atoms with Crippen molar-refractivity contribution in [3.05, 3.63) is 77.9 Å². The molecule has 0 aromatic heterocycles. The summed E-state index contributed by atoms with van der Waals surface area (Å²) >= 11 is 0. The van der Waals surface area contributed by atoms with E-state index in [0.717, 1.165) is 17.1 Å². The first-order chi connectivity index (χ1) is 16.8. The number of fused-ring (bicyclic) bond motifs is 1. The van der Waals surface area contributed by atoms with Gasteiger partial charge in [0.05, 0.1) is 13.2 Å². The molecule has 0 aliphatic carbocycles. The van der Waals surface area contributed by atoms with E-state index in [1.807, 2.05) is 39.0 Å². The number of hydrogen-bond donors (Lipinski definition) is 3. The lowest BCUT2D eigenvalue weighted by molar-refractivity contribution is -0.115. The van der Waals surface area contributed by atoms with Crippen LogP contribution in [0.3, 0.4) is 0 Å². The van der Waals surface area contributed by atoms with E-state index in [0.29, 0.717) is 29.3 Å². The number of hydrogen-bond acceptors (Lipinski definition) is 6. The molecule has 182 valence electrons. The average molecular weight is 476 g/mol. The molecule has 2 amide bonds. The lowest BCUT2D eigenvalue weighted by Crippen LogP contribution is -2.41. The van der Waals surface area contributed by atoms with Crippen LogP contribution in [0.1, 0.15) is 36.7 Å². The fourth-order valence-corrected chi connectivity index (χ4v) is 3.60. The number of carbonyl (C=O) groups excluding carboxylic acids is 2. The smallest absolute Gasteiger partial charge is 0.255 e. The van der Waals surface area contributed by atoms with Gasteiger partial charge >= 0.3 is 0 Å². The highest BCUT2D eigenvalue weighted by Gasteiger charge is 2.24. The fourth-order valence-electron chi connectivity index (χ4n) is 3.60. The van der Waals surface area contributed by atoms with Crippen LogP contribution in [0, 0.1) is 0 Å². The maximum absolute atomic E-state index is 12.5. The molecular formula is C27H29N3O5. The third kappa shape index (κ3) is 6.10. The van der Waals surface area contributed by atoms with Gasteiger partial charge in [0.15, 0.2) is 11.5 Å². The number of anilines is 2. The maximum atomic E-state index is 12.5. The second-order valence-corrected chi connectivity index (χ2v) is 8.58. The van der Waals surface area contributed by atoms with Gasteiger partial charge in [-0.1, -0.05) is 6.07 Å². The molecule has 0 fully saturated rings. The topological polar surface area (TPSA) is 97.9 Å². The molecule has 1 heterocycles. The van der Waals surface area contributed by atoms with Crippen LogP contribution in [-0.4, -0.2) is 31.8 Å². The first-order valence-corrected chi connectivity index (χ1v) is 11.4. The van der Waals surface area contributed by atoms with Crippen LogP contribution >= 0.6 is 0 Å². The van der Waals surface area contributed by atoms with Gasteiger partial charge in [0.1, 0.15) is 5.75 Å². The second-order valence-electron chi connectivity index (χ2n) is 8.58. The standard InChI is InChI=1S/C27H29N3O5/c1-4-33-22-12-10-21(11-13-22)30-26(32)18-5-8-20(9-6-18)29-25(31)16-28-27(2,3)19-7-14-23-24(15-19)35-17-34-23/h5-15,28H,4,16-17H2,1-3H3,(H,29,31)(H,30,32). The number of nitrogens with one attached hydrogen (secondary N) is 3. The SMILES string of the molecule is CCOc1ccc(NC(=O)c2ccc(NC(=O)CNC(C)(C)c3ccc4c(c3)OCO4)cc2)cc1. The van der Waals surface area contributed by atoms with Crippen molar-refractivity contribution >= 4 is 23.2 Å². The van der Waals surface area contributed by atoms with E-state index in [1.165, 1.54) is 0 Å². The Hall–Kier alpha value is -4.04. The number of ether oxygens (including phenoxy) is 3. The van der Waals surface area contributed by atoms with Crippen LogP contribution in [0.4, 0.5) is 11.4 Å². The van der Waals surface area contributed by atoms with E-state index in [2.05, 4.69) is 16.0 Å². The summed E-state index contributed by atoms with van der Waals surface area (Å²) < 4.78 is 16.2. The third-order valence-corrected chi connectivity index (χ3v) is 5.64. The van der Waals surface area contributed by atoms with E-state index in [4.69, 9.17) is 14.2 Å². The Balaban J connectivity index is 1.28. The molecule has 1 aliphatic heterocycles. The minimum Gasteiger partial charge on any atom is -0.494 e. The molecular weight excluding hydrogens is 446 g/mol. The molecule has 0 unspecified atom stereocenters. The Morgan fingerprint density at radius 1 is 0.886 bits per heavy atom. The molecule has 1 aliphatic rings. The lowest BCUT2D eigenvalue weighted by atomic mass is 9.94. The Morgan fingerprint density at radius 3 is 2.26 bits per heavy atom. The van der Waals surface area contributed by atoms with Gasteiger partial charge in [-0.3, -0.25) is 14.9 Å². The summed E-state index contributed by atoms with van der Waals surface area (Å²) in [4.78, 5) is 25.0. The van der Waals surface area contributed by atoms with Gasteiger partial charge in [0.25, 0.3) is 5.91 Å². The molecule has 0 saturated heterocycles. The number of carbonyl (C=O) groups is 2. The van der Waals surface area contributed by atoms with Gasteiger partial charge in [-0.05, 0) is 87.0 Å². The van der Waals surface area contributed by atoms with Crippen molar-refractivity contribution in [3.63, 3.8) is 0 Å². The van der Waals surface area contributed by atoms with E-state index in [9.17, 15) is 9.59 Å². The molecule has 3 N–H and O–H groups in total. The Labute approximate surface area is 204 Å². The highest BCUT2D eigenvalue weighted by Crippen LogP contribution is 2.35. The van der Waals surface area contributed by atoms with Crippen LogP contribution in [0.2, 0.25) is 0 Å². The molecule has 3 aromatic carbocycles. The first kappa shape index (κ1) is 24.1. The summed E-state index contributed by atoms with van der Waals surface area (Å²) in [5, 5.41) is 8.97. The monoisotopic (exact) mass is 475 g/mol. The fraction of sp³-hybridized carbons (Fsp3) is 0.259. The summed E-state index contributed by atoms with van der Waals surface area (Å²) in [6.45, 7) is 6.83. The number of amides is 2. The summed E-state index contributed by atoms with van der Waals surface area (Å²) in [7, 11) is 0. The molecule has 35 heavy (non-hydrogen) atoms. The maximum Gasteiger partial charge on any atom is 0.255 e. The normalized spacial score (nSPS) is 12.2. The van der Waals surface area contributed by atoms with Crippen LogP contribution < -0.4 is 30.2 Å². The predicted molar refractivity (Wildman–Crippen MR) is 134 cm³/mol. The summed E-state index contributed by atoms with van der Waals surface area (Å²) in [5.41, 5.74) is 2.29. The number of rotatable bonds is 9. The zero-order valence-corrected chi connectivity index (χ0v) is 20.0. The molecule has 0 saturated carbocycles. The molecule has 4 rings (SSSR count). The molecule has 0 bridgehead atoms. The van der Waals surface area contributed by atoms with Crippen molar-refractivity contribution in [2.24, 2.45) is 0 Å². The zero-order valence-electron chi connectivity index (χ0n) is 20.0. The second kappa shape index (κ2) is 10.5. The molecule has 8 nitrogen and oxygen atoms in total. The molecule has 0 radical (unpaired) electrons. The van der Waals surface area contributed by atoms with Gasteiger partial charge in [0.2, 0.25) is 12.7 Å². The Morgan fingerprint density at radius 2 is 1.54 bits per heavy atom. The highest BCUT2D eigenvalue weighted by atomic mass is 16.7. The largest absolute Gasteiger partial charge is 0.494 e. The van der Waals surface area contributed by atoms with Crippen molar-refractivity contribution in [2.75, 3.05) is 30.6 Å². The van der Waals surface area contributed by atoms with E-state index in [1.54, 1.807) is 48.5 Å². The Kier molecular flexibility index (Phi) is 7.22. The van der Waals surface area contributed by atoms with Crippen molar-refractivity contribution in [1.29, 1.82) is 0 Å². The predicted octanol–water partition coefficient (Wildman–Crippen LogP) is 4.53. The minimum absolute atomic E-state index is 0.113. The van der Waals surface area contributed by atoms with E-state index in [-0.39, 0.29) is 25.2 Å². The summed E-state index contributed by atoms with van der Waals surface area (Å²) in [5.74, 6) is 1.75. The van der Waals surface area contributed by atoms with E-state index < -0.39 is 5.54 Å². The van der Waals surface area contributed by atoms with Crippen LogP contribution in [0.15, 0.2) is 66.7 Å².